The van der Waals surface area contributed by atoms with E-state index in [4.69, 9.17) is 9.47 Å². The van der Waals surface area contributed by atoms with Crippen molar-refractivity contribution in [1.29, 1.82) is 0 Å². The topological polar surface area (TPSA) is 38.8 Å². The number of methoxy groups -OCH3 is 1. The van der Waals surface area contributed by atoms with Gasteiger partial charge < -0.3 is 9.47 Å². The molecule has 0 N–H and O–H groups in total. The molecule has 0 bridgehead atoms. The number of nitrogens with zero attached hydrogens (tertiary/aromatic N) is 1. The van der Waals surface area contributed by atoms with E-state index in [1.165, 1.54) is 7.11 Å². The molecule has 1 aliphatic heterocycles. The number of hydrogen-bond donors (Lipinski definition) is 0. The Hall–Kier alpha value is -1.39. The molecule has 2 rings (SSSR count). The Labute approximate surface area is 114 Å². The zero-order valence-electron chi connectivity index (χ0n) is 11.8. The quantitative estimate of drug-likeness (QED) is 0.783. The van der Waals surface area contributed by atoms with E-state index in [9.17, 15) is 4.79 Å². The van der Waals surface area contributed by atoms with Crippen molar-refractivity contribution in [2.24, 2.45) is 0 Å². The molecule has 0 spiro atoms. The SMILES string of the molecule is COC(=O)c1ccccc1CN1CCOCC1(C)C. The molecular weight excluding hydrogens is 242 g/mol. The van der Waals surface area contributed by atoms with Gasteiger partial charge in [0.2, 0.25) is 0 Å². The smallest absolute Gasteiger partial charge is 0.338 e. The second kappa shape index (κ2) is 5.72. The number of morpholine rings is 1. The molecule has 104 valence electrons. The van der Waals surface area contributed by atoms with E-state index in [1.807, 2.05) is 24.3 Å². The summed E-state index contributed by atoms with van der Waals surface area (Å²) < 4.78 is 10.4. The second-order valence-electron chi connectivity index (χ2n) is 5.44. The summed E-state index contributed by atoms with van der Waals surface area (Å²) in [5.41, 5.74) is 1.64. The van der Waals surface area contributed by atoms with Crippen molar-refractivity contribution in [3.05, 3.63) is 35.4 Å². The first-order chi connectivity index (χ1) is 9.04. The number of carbonyl (C=O) groups is 1. The van der Waals surface area contributed by atoms with Crippen LogP contribution in [0, 0.1) is 0 Å². The first kappa shape index (κ1) is 14.0. The largest absolute Gasteiger partial charge is 0.465 e. The van der Waals surface area contributed by atoms with E-state index in [2.05, 4.69) is 18.7 Å². The van der Waals surface area contributed by atoms with Crippen LogP contribution in [-0.4, -0.2) is 43.3 Å². The standard InChI is InChI=1S/C15H21NO3/c1-15(2)11-19-9-8-16(15)10-12-6-4-5-7-13(12)14(17)18-3/h4-7H,8-11H2,1-3H3. The van der Waals surface area contributed by atoms with Gasteiger partial charge >= 0.3 is 5.97 Å². The summed E-state index contributed by atoms with van der Waals surface area (Å²) in [7, 11) is 1.41. The first-order valence-electron chi connectivity index (χ1n) is 6.53. The van der Waals surface area contributed by atoms with Crippen molar-refractivity contribution >= 4 is 5.97 Å². The third-order valence-electron chi connectivity index (χ3n) is 3.60. The van der Waals surface area contributed by atoms with Crippen molar-refractivity contribution < 1.29 is 14.3 Å². The molecule has 4 heteroatoms. The number of benzene rings is 1. The van der Waals surface area contributed by atoms with E-state index in [1.54, 1.807) is 0 Å². The lowest BCUT2D eigenvalue weighted by molar-refractivity contribution is -0.0553. The van der Waals surface area contributed by atoms with Gasteiger partial charge in [0, 0.05) is 18.6 Å². The van der Waals surface area contributed by atoms with Gasteiger partial charge in [-0.2, -0.15) is 0 Å². The summed E-state index contributed by atoms with van der Waals surface area (Å²) in [4.78, 5) is 14.1. The van der Waals surface area contributed by atoms with Crippen molar-refractivity contribution in [3.8, 4) is 0 Å². The van der Waals surface area contributed by atoms with Crippen molar-refractivity contribution in [2.45, 2.75) is 25.9 Å². The van der Waals surface area contributed by atoms with Gasteiger partial charge in [0.1, 0.15) is 0 Å². The van der Waals surface area contributed by atoms with Crippen molar-refractivity contribution in [3.63, 3.8) is 0 Å². The van der Waals surface area contributed by atoms with Crippen LogP contribution in [0.4, 0.5) is 0 Å². The molecule has 0 atom stereocenters. The summed E-state index contributed by atoms with van der Waals surface area (Å²) in [5.74, 6) is -0.276. The third-order valence-corrected chi connectivity index (χ3v) is 3.60. The summed E-state index contributed by atoms with van der Waals surface area (Å²) in [6, 6.07) is 7.61. The molecule has 1 aromatic carbocycles. The maximum Gasteiger partial charge on any atom is 0.338 e. The van der Waals surface area contributed by atoms with E-state index in [-0.39, 0.29) is 11.5 Å². The maximum atomic E-state index is 11.8. The van der Waals surface area contributed by atoms with E-state index in [0.29, 0.717) is 12.2 Å². The predicted molar refractivity (Wildman–Crippen MR) is 73.1 cm³/mol. The van der Waals surface area contributed by atoms with Gasteiger partial charge in [0.25, 0.3) is 0 Å². The fraction of sp³-hybridized carbons (Fsp3) is 0.533. The van der Waals surface area contributed by atoms with E-state index in [0.717, 1.165) is 25.3 Å². The van der Waals surface area contributed by atoms with Gasteiger partial charge in [0.15, 0.2) is 0 Å². The van der Waals surface area contributed by atoms with Crippen molar-refractivity contribution in [2.75, 3.05) is 26.9 Å². The highest BCUT2D eigenvalue weighted by atomic mass is 16.5. The fourth-order valence-corrected chi connectivity index (χ4v) is 2.36. The summed E-state index contributed by atoms with van der Waals surface area (Å²) >= 11 is 0. The molecule has 1 aliphatic rings. The van der Waals surface area contributed by atoms with Crippen LogP contribution in [0.2, 0.25) is 0 Å². The van der Waals surface area contributed by atoms with Crippen LogP contribution in [0.5, 0.6) is 0 Å². The minimum Gasteiger partial charge on any atom is -0.465 e. The summed E-state index contributed by atoms with van der Waals surface area (Å²) in [5, 5.41) is 0. The van der Waals surface area contributed by atoms with Crippen LogP contribution < -0.4 is 0 Å². The van der Waals surface area contributed by atoms with E-state index < -0.39 is 0 Å². The molecule has 1 saturated heterocycles. The highest BCUT2D eigenvalue weighted by Gasteiger charge is 2.31. The van der Waals surface area contributed by atoms with Crippen LogP contribution >= 0.6 is 0 Å². The Morgan fingerprint density at radius 1 is 1.42 bits per heavy atom. The molecule has 0 radical (unpaired) electrons. The van der Waals surface area contributed by atoms with Gasteiger partial charge in [-0.3, -0.25) is 4.90 Å². The lowest BCUT2D eigenvalue weighted by Crippen LogP contribution is -2.52. The van der Waals surface area contributed by atoms with E-state index >= 15 is 0 Å². The van der Waals surface area contributed by atoms with Gasteiger partial charge in [-0.15, -0.1) is 0 Å². The molecule has 19 heavy (non-hydrogen) atoms. The Balaban J connectivity index is 2.21. The van der Waals surface area contributed by atoms with Crippen LogP contribution in [-0.2, 0) is 16.0 Å². The molecule has 0 aliphatic carbocycles. The minimum absolute atomic E-state index is 0.0124. The maximum absolute atomic E-state index is 11.8. The Kier molecular flexibility index (Phi) is 4.22. The Morgan fingerprint density at radius 3 is 2.84 bits per heavy atom. The molecule has 0 amide bonds. The zero-order valence-corrected chi connectivity index (χ0v) is 11.8. The zero-order chi connectivity index (χ0) is 13.9. The van der Waals surface area contributed by atoms with Gasteiger partial charge in [-0.25, -0.2) is 4.79 Å². The predicted octanol–water partition coefficient (Wildman–Crippen LogP) is 2.08. The number of ether oxygens (including phenoxy) is 2. The van der Waals surface area contributed by atoms with Gasteiger partial charge in [-0.1, -0.05) is 18.2 Å². The molecule has 1 heterocycles. The van der Waals surface area contributed by atoms with Crippen LogP contribution in [0.25, 0.3) is 0 Å². The molecule has 0 unspecified atom stereocenters. The normalized spacial score (nSPS) is 19.1. The van der Waals surface area contributed by atoms with Crippen LogP contribution in [0.1, 0.15) is 29.8 Å². The molecule has 0 saturated carbocycles. The monoisotopic (exact) mass is 263 g/mol. The summed E-state index contributed by atoms with van der Waals surface area (Å²) in [6.07, 6.45) is 0. The molecule has 1 aromatic rings. The lowest BCUT2D eigenvalue weighted by Gasteiger charge is -2.42. The molecule has 4 nitrogen and oxygen atoms in total. The minimum atomic E-state index is -0.276. The molecule has 1 fully saturated rings. The highest BCUT2D eigenvalue weighted by molar-refractivity contribution is 5.90. The van der Waals surface area contributed by atoms with Crippen LogP contribution in [0.3, 0.4) is 0 Å². The number of hydrogen-bond acceptors (Lipinski definition) is 4. The first-order valence-corrected chi connectivity index (χ1v) is 6.53. The Bertz CT molecular complexity index is 456. The highest BCUT2D eigenvalue weighted by Crippen LogP contribution is 2.23. The number of esters is 1. The average molecular weight is 263 g/mol. The second-order valence-corrected chi connectivity index (χ2v) is 5.44. The fourth-order valence-electron chi connectivity index (χ4n) is 2.36. The Morgan fingerprint density at radius 2 is 2.16 bits per heavy atom. The van der Waals surface area contributed by atoms with Gasteiger partial charge in [-0.05, 0) is 25.5 Å². The van der Waals surface area contributed by atoms with Crippen molar-refractivity contribution in [1.82, 2.24) is 4.90 Å². The lowest BCUT2D eigenvalue weighted by atomic mass is 9.99. The number of carbonyl (C=O) groups excluding carboxylic acids is 1. The third kappa shape index (κ3) is 3.14. The number of rotatable bonds is 3. The van der Waals surface area contributed by atoms with Gasteiger partial charge in [0.05, 0.1) is 25.9 Å². The summed E-state index contributed by atoms with van der Waals surface area (Å²) in [6.45, 7) is 7.39. The average Bonchev–Trinajstić information content (AvgIpc) is 2.41. The molecular formula is C15H21NO3. The van der Waals surface area contributed by atoms with Crippen LogP contribution in [0.15, 0.2) is 24.3 Å². The molecule has 0 aromatic heterocycles.